The van der Waals surface area contributed by atoms with Gasteiger partial charge in [-0.2, -0.15) is 31.8 Å². The molecule has 0 bridgehead atoms. The molecular formula is C29H26ClN7O13S2. The van der Waals surface area contributed by atoms with Crippen molar-refractivity contribution in [3.63, 3.8) is 0 Å². The first-order valence-electron chi connectivity index (χ1n) is 14.7. The average molecular weight is 780 g/mol. The van der Waals surface area contributed by atoms with Gasteiger partial charge in [-0.15, -0.1) is 0 Å². The largest absolute Gasteiger partial charge is 0.397 e. The first-order valence-corrected chi connectivity index (χ1v) is 17.9. The van der Waals surface area contributed by atoms with Crippen LogP contribution in [0.2, 0.25) is 5.28 Å². The van der Waals surface area contributed by atoms with Gasteiger partial charge in [0.25, 0.3) is 20.2 Å². The Kier molecular flexibility index (Phi) is 9.64. The van der Waals surface area contributed by atoms with E-state index in [1.165, 1.54) is 30.3 Å². The molecule has 5 atom stereocenters. The number of nitrogens with two attached hydrogens (primary N) is 1. The molecule has 0 spiro atoms. The van der Waals surface area contributed by atoms with E-state index in [9.17, 15) is 56.0 Å². The lowest BCUT2D eigenvalue weighted by molar-refractivity contribution is -0.245. The maximum Gasteiger partial charge on any atom is 0.296 e. The van der Waals surface area contributed by atoms with Crippen LogP contribution in [0, 0.1) is 0 Å². The summed E-state index contributed by atoms with van der Waals surface area (Å²) >= 11 is 6.01. The van der Waals surface area contributed by atoms with Crippen LogP contribution in [-0.4, -0.2) is 110 Å². The Morgan fingerprint density at radius 1 is 0.788 bits per heavy atom. The van der Waals surface area contributed by atoms with E-state index < -0.39 is 107 Å². The Morgan fingerprint density at radius 2 is 1.40 bits per heavy atom. The number of ether oxygens (including phenoxy) is 1. The van der Waals surface area contributed by atoms with Crippen molar-refractivity contribution < 1.29 is 60.7 Å². The summed E-state index contributed by atoms with van der Waals surface area (Å²) in [4.78, 5) is 37.0. The van der Waals surface area contributed by atoms with Crippen molar-refractivity contribution in [3.8, 4) is 0 Å². The summed E-state index contributed by atoms with van der Waals surface area (Å²) in [6, 6.07) is 8.19. The van der Waals surface area contributed by atoms with Gasteiger partial charge in [-0.05, 0) is 35.9 Å². The third-order valence-electron chi connectivity index (χ3n) is 8.07. The molecule has 3 aromatic carbocycles. The Morgan fingerprint density at radius 3 is 2.02 bits per heavy atom. The molecule has 0 saturated carbocycles. The summed E-state index contributed by atoms with van der Waals surface area (Å²) in [6.07, 6.45) is -6.38. The van der Waals surface area contributed by atoms with Gasteiger partial charge in [-0.1, -0.05) is 24.3 Å². The smallest absolute Gasteiger partial charge is 0.296 e. The highest BCUT2D eigenvalue weighted by Crippen LogP contribution is 2.40. The number of nitrogens with zero attached hydrogens (tertiary/aromatic N) is 3. The van der Waals surface area contributed by atoms with Crippen LogP contribution in [-0.2, 0) is 25.0 Å². The lowest BCUT2D eigenvalue weighted by atomic mass is 9.82. The number of rotatable bonds is 9. The third-order valence-corrected chi connectivity index (χ3v) is 10.0. The molecule has 23 heteroatoms. The van der Waals surface area contributed by atoms with Gasteiger partial charge in [0.15, 0.2) is 17.9 Å². The normalized spacial score (nSPS) is 21.6. The minimum atomic E-state index is -5.08. The number of benzene rings is 3. The molecule has 2 heterocycles. The second-order valence-corrected chi connectivity index (χ2v) is 14.5. The number of nitrogen functional groups attached to an aromatic ring is 1. The zero-order valence-corrected chi connectivity index (χ0v) is 28.3. The number of aliphatic hydroxyl groups excluding tert-OH is 4. The number of aromatic nitrogens is 3. The number of carbonyl (C=O) groups excluding carboxylic acids is 2. The summed E-state index contributed by atoms with van der Waals surface area (Å²) in [6.45, 7) is -0.710. The highest BCUT2D eigenvalue weighted by Gasteiger charge is 2.44. The molecule has 1 aliphatic carbocycles. The van der Waals surface area contributed by atoms with E-state index in [1.807, 2.05) is 0 Å². The van der Waals surface area contributed by atoms with Gasteiger partial charge < -0.3 is 46.8 Å². The number of halogens is 1. The minimum absolute atomic E-state index is 0.0318. The Labute approximate surface area is 297 Å². The molecule has 1 aromatic heterocycles. The van der Waals surface area contributed by atoms with Crippen molar-refractivity contribution >= 4 is 78.0 Å². The Bertz CT molecular complexity index is 2370. The highest BCUT2D eigenvalue weighted by atomic mass is 35.5. The van der Waals surface area contributed by atoms with Crippen molar-refractivity contribution in [2.24, 2.45) is 0 Å². The van der Waals surface area contributed by atoms with Crippen LogP contribution in [0.3, 0.4) is 0 Å². The van der Waals surface area contributed by atoms with Crippen LogP contribution in [0.4, 0.5) is 34.6 Å². The predicted octanol–water partition coefficient (Wildman–Crippen LogP) is 0.0750. The first-order chi connectivity index (χ1) is 24.4. The molecule has 20 nitrogen and oxygen atoms in total. The predicted molar refractivity (Wildman–Crippen MR) is 179 cm³/mol. The highest BCUT2D eigenvalue weighted by molar-refractivity contribution is 7.86. The van der Waals surface area contributed by atoms with Gasteiger partial charge in [0, 0.05) is 16.8 Å². The molecule has 11 N–H and O–H groups in total. The second-order valence-electron chi connectivity index (χ2n) is 11.4. The van der Waals surface area contributed by atoms with Gasteiger partial charge in [-0.3, -0.25) is 18.7 Å². The van der Waals surface area contributed by atoms with Crippen molar-refractivity contribution in [1.29, 1.82) is 0 Å². The van der Waals surface area contributed by atoms with Crippen LogP contribution in [0.15, 0.2) is 58.3 Å². The van der Waals surface area contributed by atoms with E-state index in [-0.39, 0.29) is 33.8 Å². The zero-order valence-electron chi connectivity index (χ0n) is 25.9. The molecule has 52 heavy (non-hydrogen) atoms. The fourth-order valence-corrected chi connectivity index (χ4v) is 7.15. The number of ketones is 2. The molecule has 4 aromatic rings. The summed E-state index contributed by atoms with van der Waals surface area (Å²) < 4.78 is 74.7. The van der Waals surface area contributed by atoms with Gasteiger partial charge >= 0.3 is 0 Å². The molecule has 274 valence electrons. The standard InChI is InChI=1S/C29H26ClN7O13S2/c30-27-35-28(37-29(36-27)34-21-25(42)24(41)15(9-38)50-26(21)43)33-13-6-5-10(7-16(13)51(44,45)46)32-14-8-17(52(47,48)49)20(31)19-18(14)22(39)11-3-1-2-4-12(11)23(19)40/h1-8,15,21,24-26,32,38,41-43H,9,31H2,(H,44,45,46)(H,47,48,49)(H2,33,34,35,36,37)/t15-,21-,24+,25-,26-/m1/s1. The van der Waals surface area contributed by atoms with Crippen LogP contribution in [0.25, 0.3) is 0 Å². The summed E-state index contributed by atoms with van der Waals surface area (Å²) in [5.74, 6) is -2.40. The minimum Gasteiger partial charge on any atom is -0.397 e. The molecule has 1 fully saturated rings. The SMILES string of the molecule is Nc1c(S(=O)(=O)O)cc(Nc2ccc(Nc3nc(Cl)nc(N[C@@H]4[C@@H](O)[C@@H](O)[C@@H](CO)O[C@H]4O)n3)c(S(=O)(=O)O)c2)c2c1C(=O)c1ccccc1C2=O. The van der Waals surface area contributed by atoms with Gasteiger partial charge in [0.2, 0.25) is 17.2 Å². The third kappa shape index (κ3) is 6.86. The number of nitrogens with one attached hydrogen (secondary N) is 3. The monoisotopic (exact) mass is 779 g/mol. The molecule has 6 rings (SSSR count). The van der Waals surface area contributed by atoms with Crippen LogP contribution in [0.5, 0.6) is 0 Å². The maximum absolute atomic E-state index is 13.6. The summed E-state index contributed by atoms with van der Waals surface area (Å²) in [5.41, 5.74) is 3.41. The van der Waals surface area contributed by atoms with E-state index in [0.29, 0.717) is 0 Å². The van der Waals surface area contributed by atoms with Crippen molar-refractivity contribution in [3.05, 3.63) is 76.1 Å². The van der Waals surface area contributed by atoms with E-state index in [0.717, 1.165) is 18.2 Å². The maximum atomic E-state index is 13.6. The van der Waals surface area contributed by atoms with Crippen LogP contribution in [0.1, 0.15) is 31.8 Å². The lowest BCUT2D eigenvalue weighted by Crippen LogP contribution is -2.61. The van der Waals surface area contributed by atoms with E-state index >= 15 is 0 Å². The number of anilines is 6. The summed E-state index contributed by atoms with van der Waals surface area (Å²) in [7, 11) is -10.2. The lowest BCUT2D eigenvalue weighted by Gasteiger charge is -2.40. The van der Waals surface area contributed by atoms with Crippen LogP contribution >= 0.6 is 11.6 Å². The average Bonchev–Trinajstić information content (AvgIpc) is 3.07. The van der Waals surface area contributed by atoms with Crippen molar-refractivity contribution in [1.82, 2.24) is 15.0 Å². The Balaban J connectivity index is 1.36. The van der Waals surface area contributed by atoms with E-state index in [1.54, 1.807) is 0 Å². The van der Waals surface area contributed by atoms with E-state index in [2.05, 4.69) is 30.9 Å². The van der Waals surface area contributed by atoms with Gasteiger partial charge in [0.1, 0.15) is 34.1 Å². The van der Waals surface area contributed by atoms with Crippen LogP contribution < -0.4 is 21.7 Å². The number of carbonyl (C=O) groups is 2. The Hall–Kier alpha value is -4.88. The fraction of sp³-hybridized carbons (Fsp3) is 0.207. The van der Waals surface area contributed by atoms with Gasteiger partial charge in [0.05, 0.1) is 34.8 Å². The number of aliphatic hydroxyl groups is 4. The number of fused-ring (bicyclic) bond motifs is 2. The quantitative estimate of drug-likeness (QED) is 0.0699. The number of hydrogen-bond donors (Lipinski definition) is 10. The molecular weight excluding hydrogens is 754 g/mol. The first kappa shape index (κ1) is 36.9. The molecule has 0 unspecified atom stereocenters. The molecule has 1 aliphatic heterocycles. The molecule has 0 amide bonds. The summed E-state index contributed by atoms with van der Waals surface area (Å²) in [5, 5.41) is 47.4. The second kappa shape index (κ2) is 13.6. The number of hydrogen-bond acceptors (Lipinski definition) is 18. The fourth-order valence-electron chi connectivity index (χ4n) is 5.67. The molecule has 1 saturated heterocycles. The van der Waals surface area contributed by atoms with E-state index in [4.69, 9.17) is 22.1 Å². The zero-order chi connectivity index (χ0) is 37.9. The topological polar surface area (TPSA) is 334 Å². The van der Waals surface area contributed by atoms with Crippen molar-refractivity contribution in [2.45, 2.75) is 40.4 Å². The molecule has 0 radical (unpaired) electrons. The molecule has 2 aliphatic rings. The van der Waals surface area contributed by atoms with Gasteiger partial charge in [-0.25, -0.2) is 0 Å². The van der Waals surface area contributed by atoms with Crippen molar-refractivity contribution in [2.75, 3.05) is 28.3 Å².